The number of hydrogen-bond acceptors (Lipinski definition) is 1. The topological polar surface area (TPSA) is 28.7 Å². The minimum Gasteiger partial charge on any atom is -0.339 e. The van der Waals surface area contributed by atoms with Crippen LogP contribution < -0.4 is 0 Å². The van der Waals surface area contributed by atoms with E-state index in [9.17, 15) is 0 Å². The molecule has 1 heterocycles. The lowest BCUT2D eigenvalue weighted by Gasteiger charge is -2.19. The Morgan fingerprint density at radius 2 is 2.18 bits per heavy atom. The standard InChI is InChI=1S/C9H13N2/c1-2-4-8(5-3-1)9-6-10-7-11-9/h6,8H,1-5H2,(H,10,11). The lowest BCUT2D eigenvalue weighted by Crippen LogP contribution is -2.04. The van der Waals surface area contributed by atoms with Gasteiger partial charge in [0, 0.05) is 17.8 Å². The van der Waals surface area contributed by atoms with E-state index in [0.29, 0.717) is 0 Å². The summed E-state index contributed by atoms with van der Waals surface area (Å²) in [4.78, 5) is 6.99. The van der Waals surface area contributed by atoms with Gasteiger partial charge in [-0.1, -0.05) is 19.3 Å². The Balaban J connectivity index is 2.04. The lowest BCUT2D eigenvalue weighted by atomic mass is 9.87. The second kappa shape index (κ2) is 3.07. The van der Waals surface area contributed by atoms with E-state index < -0.39 is 0 Å². The predicted octanol–water partition coefficient (Wildman–Crippen LogP) is 2.26. The molecule has 0 saturated heterocycles. The summed E-state index contributed by atoms with van der Waals surface area (Å²) < 4.78 is 0. The molecule has 2 heteroatoms. The molecule has 1 saturated carbocycles. The summed E-state index contributed by atoms with van der Waals surface area (Å²) >= 11 is 0. The first kappa shape index (κ1) is 6.89. The van der Waals surface area contributed by atoms with Gasteiger partial charge in [-0.3, -0.25) is 0 Å². The second-order valence-corrected chi connectivity index (χ2v) is 3.29. The van der Waals surface area contributed by atoms with Gasteiger partial charge in [-0.2, -0.15) is 0 Å². The van der Waals surface area contributed by atoms with Crippen molar-refractivity contribution >= 4 is 0 Å². The Hall–Kier alpha value is -0.790. The number of H-pyrrole nitrogens is 1. The van der Waals surface area contributed by atoms with Gasteiger partial charge in [0.2, 0.25) is 0 Å². The van der Waals surface area contributed by atoms with Gasteiger partial charge < -0.3 is 4.98 Å². The lowest BCUT2D eigenvalue weighted by molar-refractivity contribution is 0.437. The first-order valence-corrected chi connectivity index (χ1v) is 4.38. The van der Waals surface area contributed by atoms with Crippen molar-refractivity contribution in [2.24, 2.45) is 0 Å². The highest BCUT2D eigenvalue weighted by Gasteiger charge is 2.15. The van der Waals surface area contributed by atoms with E-state index in [0.717, 1.165) is 5.92 Å². The molecular weight excluding hydrogens is 136 g/mol. The van der Waals surface area contributed by atoms with Crippen LogP contribution >= 0.6 is 0 Å². The largest absolute Gasteiger partial charge is 0.339 e. The van der Waals surface area contributed by atoms with Crippen LogP contribution in [0.3, 0.4) is 0 Å². The van der Waals surface area contributed by atoms with Gasteiger partial charge >= 0.3 is 0 Å². The number of aromatic nitrogens is 2. The van der Waals surface area contributed by atoms with Crippen molar-refractivity contribution in [2.45, 2.75) is 38.0 Å². The molecule has 0 bridgehead atoms. The molecule has 11 heavy (non-hydrogen) atoms. The third-order valence-electron chi connectivity index (χ3n) is 2.51. The van der Waals surface area contributed by atoms with E-state index in [1.165, 1.54) is 37.8 Å². The quantitative estimate of drug-likeness (QED) is 0.651. The number of hydrogen-bond donors (Lipinski definition) is 1. The zero-order chi connectivity index (χ0) is 7.52. The molecule has 0 aromatic carbocycles. The van der Waals surface area contributed by atoms with E-state index >= 15 is 0 Å². The van der Waals surface area contributed by atoms with Gasteiger partial charge in [-0.05, 0) is 12.8 Å². The Kier molecular flexibility index (Phi) is 1.93. The summed E-state index contributed by atoms with van der Waals surface area (Å²) in [6.45, 7) is 0. The number of rotatable bonds is 1. The van der Waals surface area contributed by atoms with Crippen LogP contribution in [0.2, 0.25) is 0 Å². The molecular formula is C9H13N2. The minimum atomic E-state index is 0.738. The van der Waals surface area contributed by atoms with Crippen LogP contribution in [0.4, 0.5) is 0 Å². The molecule has 0 spiro atoms. The van der Waals surface area contributed by atoms with Gasteiger partial charge in [0.05, 0.1) is 0 Å². The van der Waals surface area contributed by atoms with Gasteiger partial charge in [-0.15, -0.1) is 0 Å². The van der Waals surface area contributed by atoms with E-state index in [1.807, 2.05) is 6.20 Å². The second-order valence-electron chi connectivity index (χ2n) is 3.29. The van der Waals surface area contributed by atoms with Crippen LogP contribution in [0.5, 0.6) is 0 Å². The first-order valence-electron chi connectivity index (χ1n) is 4.38. The van der Waals surface area contributed by atoms with Crippen LogP contribution in [0.25, 0.3) is 0 Å². The average molecular weight is 149 g/mol. The maximum absolute atomic E-state index is 3.92. The van der Waals surface area contributed by atoms with Gasteiger partial charge in [0.15, 0.2) is 6.33 Å². The molecule has 1 aromatic heterocycles. The summed E-state index contributed by atoms with van der Waals surface area (Å²) in [5.41, 5.74) is 1.28. The third kappa shape index (κ3) is 1.44. The molecule has 0 amide bonds. The zero-order valence-electron chi connectivity index (χ0n) is 6.64. The molecule has 0 aliphatic heterocycles. The Bertz CT molecular complexity index is 197. The smallest absolute Gasteiger partial charge is 0.173 e. The van der Waals surface area contributed by atoms with Crippen LogP contribution in [0.15, 0.2) is 6.20 Å². The predicted molar refractivity (Wildman–Crippen MR) is 43.2 cm³/mol. The van der Waals surface area contributed by atoms with Crippen LogP contribution in [-0.2, 0) is 0 Å². The Labute approximate surface area is 67.0 Å². The molecule has 2 nitrogen and oxygen atoms in total. The molecule has 0 unspecified atom stereocenters. The van der Waals surface area contributed by atoms with Crippen LogP contribution in [0.1, 0.15) is 43.7 Å². The monoisotopic (exact) mass is 149 g/mol. The summed E-state index contributed by atoms with van der Waals surface area (Å²) in [6, 6.07) is 0. The Morgan fingerprint density at radius 3 is 2.82 bits per heavy atom. The zero-order valence-corrected chi connectivity index (χ0v) is 6.64. The summed E-state index contributed by atoms with van der Waals surface area (Å²) in [5, 5.41) is 0. The molecule has 1 fully saturated rings. The van der Waals surface area contributed by atoms with E-state index in [4.69, 9.17) is 0 Å². The number of nitrogens with zero attached hydrogens (tertiary/aromatic N) is 1. The van der Waals surface area contributed by atoms with Crippen LogP contribution in [-0.4, -0.2) is 9.97 Å². The first-order chi connectivity index (χ1) is 5.47. The highest BCUT2D eigenvalue weighted by molar-refractivity contribution is 5.03. The summed E-state index contributed by atoms with van der Waals surface area (Å²) in [6.07, 6.45) is 11.5. The van der Waals surface area contributed by atoms with E-state index in [1.54, 1.807) is 0 Å². The highest BCUT2D eigenvalue weighted by Crippen LogP contribution is 2.30. The van der Waals surface area contributed by atoms with E-state index in [2.05, 4.69) is 16.3 Å². The molecule has 1 radical (unpaired) electrons. The molecule has 59 valence electrons. The van der Waals surface area contributed by atoms with Crippen molar-refractivity contribution in [1.29, 1.82) is 0 Å². The fourth-order valence-electron chi connectivity index (χ4n) is 1.85. The summed E-state index contributed by atoms with van der Waals surface area (Å²) in [7, 11) is 0. The molecule has 2 rings (SSSR count). The van der Waals surface area contributed by atoms with Crippen molar-refractivity contribution in [3.63, 3.8) is 0 Å². The van der Waals surface area contributed by atoms with Gasteiger partial charge in [0.1, 0.15) is 0 Å². The van der Waals surface area contributed by atoms with Gasteiger partial charge in [0.25, 0.3) is 0 Å². The highest BCUT2D eigenvalue weighted by atomic mass is 14.9. The molecule has 0 atom stereocenters. The van der Waals surface area contributed by atoms with Crippen molar-refractivity contribution in [1.82, 2.24) is 9.97 Å². The third-order valence-corrected chi connectivity index (χ3v) is 2.51. The van der Waals surface area contributed by atoms with Crippen molar-refractivity contribution in [2.75, 3.05) is 0 Å². The van der Waals surface area contributed by atoms with Crippen LogP contribution in [0, 0.1) is 6.33 Å². The van der Waals surface area contributed by atoms with E-state index in [-0.39, 0.29) is 0 Å². The van der Waals surface area contributed by atoms with Crippen molar-refractivity contribution in [3.05, 3.63) is 18.2 Å². The minimum absolute atomic E-state index is 0.738. The fraction of sp³-hybridized carbons (Fsp3) is 0.667. The molecule has 1 aliphatic carbocycles. The van der Waals surface area contributed by atoms with Crippen molar-refractivity contribution < 1.29 is 0 Å². The summed E-state index contributed by atoms with van der Waals surface area (Å²) in [5.74, 6) is 0.738. The molecule has 1 aromatic rings. The SMILES string of the molecule is [c]1ncc(C2CCCCC2)[nH]1. The number of aromatic amines is 1. The Morgan fingerprint density at radius 1 is 1.36 bits per heavy atom. The van der Waals surface area contributed by atoms with Gasteiger partial charge in [-0.25, -0.2) is 4.98 Å². The fourth-order valence-corrected chi connectivity index (χ4v) is 1.85. The maximum Gasteiger partial charge on any atom is 0.173 e. The van der Waals surface area contributed by atoms with Crippen molar-refractivity contribution in [3.8, 4) is 0 Å². The molecule has 1 N–H and O–H groups in total. The number of imidazole rings is 1. The molecule has 1 aliphatic rings. The number of nitrogens with one attached hydrogen (secondary N) is 1. The maximum atomic E-state index is 3.92. The normalized spacial score (nSPS) is 20.4. The average Bonchev–Trinajstić information content (AvgIpc) is 2.58.